The summed E-state index contributed by atoms with van der Waals surface area (Å²) in [4.78, 5) is 0. The molecule has 1 fully saturated rings. The molecular formula is C25H34FN. The first-order valence-corrected chi connectivity index (χ1v) is 10.7. The lowest BCUT2D eigenvalue weighted by Crippen LogP contribution is -2.13. The second-order valence-electron chi connectivity index (χ2n) is 7.90. The Morgan fingerprint density at radius 3 is 2.52 bits per heavy atom. The number of benzene rings is 1. The third kappa shape index (κ3) is 8.12. The number of rotatable bonds is 10. The van der Waals surface area contributed by atoms with Crippen molar-refractivity contribution in [1.82, 2.24) is 0 Å². The Morgan fingerprint density at radius 1 is 1.11 bits per heavy atom. The van der Waals surface area contributed by atoms with Crippen molar-refractivity contribution in [2.75, 3.05) is 0 Å². The van der Waals surface area contributed by atoms with E-state index in [0.29, 0.717) is 0 Å². The van der Waals surface area contributed by atoms with E-state index in [2.05, 4.69) is 31.2 Å². The standard InChI is InChI=1S/C25H34FN/c1-2-3-4-6-9-21-12-16-23(17-13-21)24-18-14-22(15-19-24)10-7-5-8-11-25(26)20-27/h5,8,11-13,16-17,22,24H,2-4,6-7,9-10,14-15,18-19H2,1H3. The van der Waals surface area contributed by atoms with Gasteiger partial charge in [-0.1, -0.05) is 62.6 Å². The van der Waals surface area contributed by atoms with Crippen LogP contribution in [0.15, 0.2) is 48.3 Å². The maximum atomic E-state index is 12.7. The van der Waals surface area contributed by atoms with Gasteiger partial charge in [0.2, 0.25) is 0 Å². The van der Waals surface area contributed by atoms with Crippen LogP contribution >= 0.6 is 0 Å². The lowest BCUT2D eigenvalue weighted by Gasteiger charge is -2.28. The molecule has 1 saturated carbocycles. The van der Waals surface area contributed by atoms with Crippen LogP contribution in [0.2, 0.25) is 0 Å². The molecule has 0 aliphatic heterocycles. The summed E-state index contributed by atoms with van der Waals surface area (Å²) < 4.78 is 12.7. The maximum absolute atomic E-state index is 12.7. The van der Waals surface area contributed by atoms with Gasteiger partial charge in [0, 0.05) is 0 Å². The van der Waals surface area contributed by atoms with Crippen molar-refractivity contribution in [1.29, 1.82) is 5.26 Å². The molecule has 1 aromatic rings. The van der Waals surface area contributed by atoms with Crippen LogP contribution in [0.4, 0.5) is 4.39 Å². The molecule has 27 heavy (non-hydrogen) atoms. The van der Waals surface area contributed by atoms with Gasteiger partial charge < -0.3 is 0 Å². The van der Waals surface area contributed by atoms with E-state index < -0.39 is 5.83 Å². The molecule has 0 amide bonds. The zero-order valence-corrected chi connectivity index (χ0v) is 16.8. The second kappa shape index (κ2) is 12.5. The van der Waals surface area contributed by atoms with E-state index in [1.165, 1.54) is 87.5 Å². The number of aryl methyl sites for hydroxylation is 1. The lowest BCUT2D eigenvalue weighted by atomic mass is 9.77. The minimum absolute atomic E-state index is 0.721. The first-order valence-electron chi connectivity index (χ1n) is 10.7. The molecule has 1 aromatic carbocycles. The fourth-order valence-corrected chi connectivity index (χ4v) is 4.11. The predicted octanol–water partition coefficient (Wildman–Crippen LogP) is 7.80. The highest BCUT2D eigenvalue weighted by Gasteiger charge is 2.21. The van der Waals surface area contributed by atoms with Gasteiger partial charge in [-0.25, -0.2) is 0 Å². The normalized spacial score (nSPS) is 20.7. The van der Waals surface area contributed by atoms with Crippen LogP contribution < -0.4 is 0 Å². The second-order valence-corrected chi connectivity index (χ2v) is 7.90. The third-order valence-corrected chi connectivity index (χ3v) is 5.84. The first kappa shape index (κ1) is 21.4. The maximum Gasteiger partial charge on any atom is 0.199 e. The molecule has 146 valence electrons. The zero-order valence-electron chi connectivity index (χ0n) is 16.8. The number of nitrogens with zero attached hydrogens (tertiary/aromatic N) is 1. The molecule has 0 heterocycles. The van der Waals surface area contributed by atoms with Gasteiger partial charge in [0.1, 0.15) is 6.07 Å². The van der Waals surface area contributed by atoms with Crippen molar-refractivity contribution in [3.05, 3.63) is 59.4 Å². The van der Waals surface area contributed by atoms with Gasteiger partial charge in [-0.3, -0.25) is 0 Å². The van der Waals surface area contributed by atoms with Gasteiger partial charge >= 0.3 is 0 Å². The lowest BCUT2D eigenvalue weighted by molar-refractivity contribution is 0.312. The van der Waals surface area contributed by atoms with Gasteiger partial charge in [0.15, 0.2) is 5.83 Å². The van der Waals surface area contributed by atoms with Crippen molar-refractivity contribution in [3.63, 3.8) is 0 Å². The van der Waals surface area contributed by atoms with Gasteiger partial charge in [-0.2, -0.15) is 9.65 Å². The van der Waals surface area contributed by atoms with Crippen LogP contribution in [-0.2, 0) is 6.42 Å². The number of hydrogen-bond donors (Lipinski definition) is 0. The summed E-state index contributed by atoms with van der Waals surface area (Å²) in [6.07, 6.45) is 18.7. The Kier molecular flexibility index (Phi) is 9.91. The van der Waals surface area contributed by atoms with E-state index >= 15 is 0 Å². The topological polar surface area (TPSA) is 23.8 Å². The molecular weight excluding hydrogens is 333 g/mol. The molecule has 1 aliphatic rings. The molecule has 0 saturated heterocycles. The number of hydrogen-bond acceptors (Lipinski definition) is 1. The van der Waals surface area contributed by atoms with Crippen molar-refractivity contribution in [2.45, 2.75) is 83.5 Å². The number of allylic oxidation sites excluding steroid dienone is 4. The zero-order chi connectivity index (χ0) is 19.3. The van der Waals surface area contributed by atoms with E-state index in [9.17, 15) is 4.39 Å². The molecule has 0 bridgehead atoms. The fourth-order valence-electron chi connectivity index (χ4n) is 4.11. The van der Waals surface area contributed by atoms with Crippen LogP contribution in [0.3, 0.4) is 0 Å². The van der Waals surface area contributed by atoms with Gasteiger partial charge in [-0.05, 0) is 80.4 Å². The van der Waals surface area contributed by atoms with E-state index in [1.807, 2.05) is 6.08 Å². The van der Waals surface area contributed by atoms with Gasteiger partial charge in [0.05, 0.1) is 0 Å². The summed E-state index contributed by atoms with van der Waals surface area (Å²) in [6, 6.07) is 10.9. The van der Waals surface area contributed by atoms with E-state index in [1.54, 1.807) is 6.08 Å². The molecule has 0 unspecified atom stereocenters. The molecule has 1 nitrogen and oxygen atoms in total. The SMILES string of the molecule is CCCCCCc1ccc(C2CCC(CCC=CC=C(F)C#N)CC2)cc1. The van der Waals surface area contributed by atoms with Crippen LogP contribution in [0.5, 0.6) is 0 Å². The highest BCUT2D eigenvalue weighted by atomic mass is 19.1. The highest BCUT2D eigenvalue weighted by molar-refractivity contribution is 5.26. The molecule has 0 aromatic heterocycles. The van der Waals surface area contributed by atoms with E-state index in [-0.39, 0.29) is 0 Å². The monoisotopic (exact) mass is 367 g/mol. The Morgan fingerprint density at radius 2 is 1.85 bits per heavy atom. The van der Waals surface area contributed by atoms with E-state index in [4.69, 9.17) is 5.26 Å². The minimum Gasteiger partial charge on any atom is -0.195 e. The van der Waals surface area contributed by atoms with Crippen molar-refractivity contribution in [3.8, 4) is 6.07 Å². The summed E-state index contributed by atoms with van der Waals surface area (Å²) in [5, 5.41) is 8.36. The summed E-state index contributed by atoms with van der Waals surface area (Å²) >= 11 is 0. The van der Waals surface area contributed by atoms with Crippen LogP contribution in [-0.4, -0.2) is 0 Å². The molecule has 2 heteroatoms. The van der Waals surface area contributed by atoms with E-state index in [0.717, 1.165) is 18.3 Å². The first-order chi connectivity index (χ1) is 13.2. The Balaban J connectivity index is 1.68. The average molecular weight is 368 g/mol. The molecule has 0 spiro atoms. The molecule has 0 atom stereocenters. The fraction of sp³-hybridized carbons (Fsp3) is 0.560. The summed E-state index contributed by atoms with van der Waals surface area (Å²) in [7, 11) is 0. The summed E-state index contributed by atoms with van der Waals surface area (Å²) in [5.74, 6) is 0.783. The van der Waals surface area contributed by atoms with Crippen molar-refractivity contribution < 1.29 is 4.39 Å². The smallest absolute Gasteiger partial charge is 0.195 e. The number of halogens is 1. The number of nitriles is 1. The van der Waals surface area contributed by atoms with Crippen molar-refractivity contribution >= 4 is 0 Å². The molecule has 2 rings (SSSR count). The van der Waals surface area contributed by atoms with Gasteiger partial charge in [-0.15, -0.1) is 0 Å². The molecule has 0 N–H and O–H groups in total. The van der Waals surface area contributed by atoms with Crippen LogP contribution in [0.25, 0.3) is 0 Å². The Bertz CT molecular complexity index is 627. The average Bonchev–Trinajstić information content (AvgIpc) is 2.72. The minimum atomic E-state index is -0.723. The summed E-state index contributed by atoms with van der Waals surface area (Å²) in [6.45, 7) is 2.26. The quantitative estimate of drug-likeness (QED) is 0.235. The third-order valence-electron chi connectivity index (χ3n) is 5.84. The van der Waals surface area contributed by atoms with Gasteiger partial charge in [0.25, 0.3) is 0 Å². The summed E-state index contributed by atoms with van der Waals surface area (Å²) in [5.41, 5.74) is 3.00. The molecule has 0 radical (unpaired) electrons. The Hall–Kier alpha value is -1.88. The van der Waals surface area contributed by atoms with Crippen LogP contribution in [0, 0.1) is 17.2 Å². The molecule has 1 aliphatic carbocycles. The largest absolute Gasteiger partial charge is 0.199 e. The Labute approximate surface area is 165 Å². The van der Waals surface area contributed by atoms with Crippen LogP contribution in [0.1, 0.15) is 88.2 Å². The predicted molar refractivity (Wildman–Crippen MR) is 112 cm³/mol. The van der Waals surface area contributed by atoms with Crippen molar-refractivity contribution in [2.24, 2.45) is 5.92 Å². The highest BCUT2D eigenvalue weighted by Crippen LogP contribution is 2.37. The number of unbranched alkanes of at least 4 members (excludes halogenated alkanes) is 3.